The lowest BCUT2D eigenvalue weighted by atomic mass is 10.2. The van der Waals surface area contributed by atoms with Crippen LogP contribution < -0.4 is 0 Å². The molecule has 2 aromatic rings. The van der Waals surface area contributed by atoms with E-state index in [0.29, 0.717) is 16.4 Å². The lowest BCUT2D eigenvalue weighted by molar-refractivity contribution is 0.193. The number of nitrogens with zero attached hydrogens (tertiary/aromatic N) is 3. The van der Waals surface area contributed by atoms with Crippen LogP contribution in [0.15, 0.2) is 18.2 Å². The molecule has 0 spiro atoms. The third-order valence-corrected chi connectivity index (χ3v) is 2.49. The van der Waals surface area contributed by atoms with Gasteiger partial charge < -0.3 is 5.11 Å². The number of hydrogen-bond donors (Lipinski definition) is 1. The van der Waals surface area contributed by atoms with Gasteiger partial charge in [-0.1, -0.05) is 27.2 Å². The van der Waals surface area contributed by atoms with Crippen LogP contribution >= 0.6 is 15.9 Å². The summed E-state index contributed by atoms with van der Waals surface area (Å²) in [6.07, 6.45) is -1.13. The smallest absolute Gasteiger partial charge is 0.434 e. The second kappa shape index (κ2) is 3.38. The zero-order valence-electron chi connectivity index (χ0n) is 7.01. The molecule has 14 heavy (non-hydrogen) atoms. The molecule has 0 bridgehead atoms. The van der Waals surface area contributed by atoms with Gasteiger partial charge in [0.15, 0.2) is 0 Å². The van der Waals surface area contributed by atoms with Crippen LogP contribution in [0, 0.1) is 0 Å². The molecule has 6 heteroatoms. The average Bonchev–Trinajstić information content (AvgIpc) is 2.59. The number of rotatable bonds is 1. The molecule has 0 saturated heterocycles. The topological polar surface area (TPSA) is 68.0 Å². The van der Waals surface area contributed by atoms with Crippen molar-refractivity contribution in [2.45, 2.75) is 5.33 Å². The first-order chi connectivity index (χ1) is 6.72. The minimum absolute atomic E-state index is 0.502. The van der Waals surface area contributed by atoms with Crippen molar-refractivity contribution in [3.05, 3.63) is 23.8 Å². The van der Waals surface area contributed by atoms with E-state index in [1.54, 1.807) is 12.1 Å². The summed E-state index contributed by atoms with van der Waals surface area (Å²) < 4.78 is 0.855. The SMILES string of the molecule is O=C(O)n1nnc2cc(CBr)ccc21. The number of carbonyl (C=O) groups is 1. The number of fused-ring (bicyclic) bond motifs is 1. The summed E-state index contributed by atoms with van der Waals surface area (Å²) in [6.45, 7) is 0. The zero-order valence-corrected chi connectivity index (χ0v) is 8.60. The molecule has 1 aromatic heterocycles. The Balaban J connectivity index is 2.65. The molecule has 1 N–H and O–H groups in total. The van der Waals surface area contributed by atoms with Gasteiger partial charge >= 0.3 is 6.09 Å². The van der Waals surface area contributed by atoms with E-state index in [2.05, 4.69) is 26.2 Å². The number of alkyl halides is 1. The van der Waals surface area contributed by atoms with E-state index in [-0.39, 0.29) is 0 Å². The number of hydrogen-bond acceptors (Lipinski definition) is 3. The molecule has 0 saturated carbocycles. The number of halogens is 1. The fourth-order valence-corrected chi connectivity index (χ4v) is 1.54. The van der Waals surface area contributed by atoms with E-state index in [4.69, 9.17) is 5.11 Å². The summed E-state index contributed by atoms with van der Waals surface area (Å²) in [5.41, 5.74) is 2.13. The van der Waals surface area contributed by atoms with Crippen molar-refractivity contribution in [3.63, 3.8) is 0 Å². The van der Waals surface area contributed by atoms with Crippen molar-refractivity contribution >= 4 is 33.1 Å². The zero-order chi connectivity index (χ0) is 10.1. The third-order valence-electron chi connectivity index (χ3n) is 1.85. The molecule has 72 valence electrons. The molecular weight excluding hydrogens is 250 g/mol. The predicted molar refractivity (Wildman–Crippen MR) is 53.6 cm³/mol. The van der Waals surface area contributed by atoms with Crippen molar-refractivity contribution in [3.8, 4) is 0 Å². The van der Waals surface area contributed by atoms with E-state index in [1.165, 1.54) is 0 Å². The highest BCUT2D eigenvalue weighted by Gasteiger charge is 2.09. The highest BCUT2D eigenvalue weighted by Crippen LogP contribution is 2.14. The Morgan fingerprint density at radius 1 is 1.57 bits per heavy atom. The Kier molecular flexibility index (Phi) is 2.20. The molecule has 0 atom stereocenters. The fraction of sp³-hybridized carbons (Fsp3) is 0.125. The maximum absolute atomic E-state index is 10.7. The van der Waals surface area contributed by atoms with E-state index >= 15 is 0 Å². The molecule has 2 rings (SSSR count). The van der Waals surface area contributed by atoms with E-state index in [9.17, 15) is 4.79 Å². The van der Waals surface area contributed by atoms with Crippen LogP contribution in [0.1, 0.15) is 5.56 Å². The van der Waals surface area contributed by atoms with Gasteiger partial charge in [0.05, 0.1) is 0 Å². The van der Waals surface area contributed by atoms with Crippen molar-refractivity contribution in [1.82, 2.24) is 15.0 Å². The maximum atomic E-state index is 10.7. The fourth-order valence-electron chi connectivity index (χ4n) is 1.19. The molecule has 0 aliphatic carbocycles. The highest BCUT2D eigenvalue weighted by molar-refractivity contribution is 9.08. The summed E-state index contributed by atoms with van der Waals surface area (Å²) in [7, 11) is 0. The van der Waals surface area contributed by atoms with Crippen LogP contribution in [-0.2, 0) is 5.33 Å². The molecule has 0 unspecified atom stereocenters. The van der Waals surface area contributed by atoms with Gasteiger partial charge in [-0.15, -0.1) is 9.78 Å². The molecular formula is C8H6BrN3O2. The Morgan fingerprint density at radius 3 is 3.00 bits per heavy atom. The molecule has 5 nitrogen and oxygen atoms in total. The quantitative estimate of drug-likeness (QED) is 0.790. The van der Waals surface area contributed by atoms with Crippen molar-refractivity contribution in [2.24, 2.45) is 0 Å². The molecule has 1 aromatic carbocycles. The van der Waals surface area contributed by atoms with Gasteiger partial charge in [-0.25, -0.2) is 4.79 Å². The van der Waals surface area contributed by atoms with Gasteiger partial charge in [-0.05, 0) is 17.7 Å². The van der Waals surface area contributed by atoms with Gasteiger partial charge in [0, 0.05) is 5.33 Å². The molecule has 0 aliphatic rings. The molecule has 0 amide bonds. The first-order valence-electron chi connectivity index (χ1n) is 3.86. The Morgan fingerprint density at radius 2 is 2.36 bits per heavy atom. The summed E-state index contributed by atoms with van der Waals surface area (Å²) in [4.78, 5) is 10.7. The maximum Gasteiger partial charge on any atom is 0.434 e. The lowest BCUT2D eigenvalue weighted by Gasteiger charge is -1.95. The predicted octanol–water partition coefficient (Wildman–Crippen LogP) is 1.85. The van der Waals surface area contributed by atoms with Gasteiger partial charge in [0.2, 0.25) is 0 Å². The highest BCUT2D eigenvalue weighted by atomic mass is 79.9. The third kappa shape index (κ3) is 1.37. The van der Waals surface area contributed by atoms with Crippen LogP contribution in [0.25, 0.3) is 11.0 Å². The first-order valence-corrected chi connectivity index (χ1v) is 4.98. The largest absolute Gasteiger partial charge is 0.463 e. The number of benzene rings is 1. The summed E-state index contributed by atoms with van der Waals surface area (Å²) in [5.74, 6) is 0. The molecule has 1 heterocycles. The van der Waals surface area contributed by atoms with E-state index in [1.807, 2.05) is 6.07 Å². The minimum atomic E-state index is -1.13. The second-order valence-corrected chi connectivity index (χ2v) is 3.30. The molecule has 0 aliphatic heterocycles. The number of carboxylic acid groups (broad SMARTS) is 1. The van der Waals surface area contributed by atoms with E-state index in [0.717, 1.165) is 10.2 Å². The van der Waals surface area contributed by atoms with Crippen molar-refractivity contribution < 1.29 is 9.90 Å². The van der Waals surface area contributed by atoms with Crippen molar-refractivity contribution in [1.29, 1.82) is 0 Å². The second-order valence-electron chi connectivity index (χ2n) is 2.74. The summed E-state index contributed by atoms with van der Waals surface area (Å²) in [5, 5.41) is 16.7. The van der Waals surface area contributed by atoms with Crippen LogP contribution in [0.2, 0.25) is 0 Å². The minimum Gasteiger partial charge on any atom is -0.463 e. The van der Waals surface area contributed by atoms with Crippen LogP contribution in [0.3, 0.4) is 0 Å². The Hall–Kier alpha value is -1.43. The molecule has 0 fully saturated rings. The normalized spacial score (nSPS) is 10.6. The average molecular weight is 256 g/mol. The van der Waals surface area contributed by atoms with Gasteiger partial charge in [-0.2, -0.15) is 0 Å². The van der Waals surface area contributed by atoms with Gasteiger partial charge in [0.25, 0.3) is 0 Å². The standard InChI is InChI=1S/C8H6BrN3O2/c9-4-5-1-2-7-6(3-5)10-11-12(7)8(13)14/h1-3H,4H2,(H,13,14). The van der Waals surface area contributed by atoms with E-state index < -0.39 is 6.09 Å². The van der Waals surface area contributed by atoms with Crippen LogP contribution in [0.4, 0.5) is 4.79 Å². The summed E-state index contributed by atoms with van der Waals surface area (Å²) >= 11 is 3.31. The van der Waals surface area contributed by atoms with Gasteiger partial charge in [-0.3, -0.25) is 0 Å². The molecule has 0 radical (unpaired) electrons. The summed E-state index contributed by atoms with van der Waals surface area (Å²) in [6, 6.07) is 5.33. The first kappa shape index (κ1) is 9.14. The van der Waals surface area contributed by atoms with Crippen molar-refractivity contribution in [2.75, 3.05) is 0 Å². The van der Waals surface area contributed by atoms with Crippen LogP contribution in [-0.4, -0.2) is 26.2 Å². The van der Waals surface area contributed by atoms with Gasteiger partial charge in [0.1, 0.15) is 11.0 Å². The Bertz CT molecular complexity index is 494. The Labute approximate surface area is 87.5 Å². The monoisotopic (exact) mass is 255 g/mol. The lowest BCUT2D eigenvalue weighted by Crippen LogP contribution is -2.09. The van der Waals surface area contributed by atoms with Crippen LogP contribution in [0.5, 0.6) is 0 Å². The number of aromatic nitrogens is 3.